The van der Waals surface area contributed by atoms with E-state index in [0.29, 0.717) is 43.8 Å². The zero-order valence-corrected chi connectivity index (χ0v) is 19.9. The molecule has 33 heavy (non-hydrogen) atoms. The zero-order valence-electron chi connectivity index (χ0n) is 18.2. The van der Waals surface area contributed by atoms with Gasteiger partial charge in [-0.1, -0.05) is 31.2 Å². The quantitative estimate of drug-likeness (QED) is 0.439. The summed E-state index contributed by atoms with van der Waals surface area (Å²) in [6.45, 7) is 4.96. The first-order valence-electron chi connectivity index (χ1n) is 10.9. The molecule has 0 aliphatic carbocycles. The number of imidazole rings is 1. The van der Waals surface area contributed by atoms with Gasteiger partial charge in [-0.3, -0.25) is 4.90 Å². The Bertz CT molecular complexity index is 1430. The van der Waals surface area contributed by atoms with Crippen molar-refractivity contribution in [1.82, 2.24) is 24.2 Å². The second-order valence-corrected chi connectivity index (χ2v) is 11.0. The summed E-state index contributed by atoms with van der Waals surface area (Å²) < 4.78 is 27.7. The molecule has 5 rings (SSSR count). The third-order valence-electron chi connectivity index (χ3n) is 6.00. The number of nitrogens with one attached hydrogen (secondary N) is 2. The van der Waals surface area contributed by atoms with Gasteiger partial charge in [0.2, 0.25) is 10.0 Å². The smallest absolute Gasteiger partial charge is 0.306 e. The van der Waals surface area contributed by atoms with E-state index in [9.17, 15) is 13.2 Å². The SMILES string of the molecule is CCc1ccc(-c2nc(CN3CCN(S(=O)(=O)c4ccc5[nH]c(=O)[nH]c5c4)CC3)cs2)cc1. The molecule has 10 heteroatoms. The Labute approximate surface area is 196 Å². The predicted octanol–water partition coefficient (Wildman–Crippen LogP) is 3.05. The highest BCUT2D eigenvalue weighted by atomic mass is 32.2. The highest BCUT2D eigenvalue weighted by molar-refractivity contribution is 7.89. The standard InChI is InChI=1S/C23H25N5O3S2/c1-2-16-3-5-17(6-4-16)22-24-18(15-32-22)14-27-9-11-28(12-10-27)33(30,31)19-7-8-20-21(13-19)26-23(29)25-20/h3-8,13,15H,2,9-12,14H2,1H3,(H2,25,26,29). The number of hydrogen-bond acceptors (Lipinski definition) is 6. The second-order valence-electron chi connectivity index (χ2n) is 8.16. The van der Waals surface area contributed by atoms with E-state index in [1.54, 1.807) is 17.4 Å². The maximum atomic E-state index is 13.1. The number of fused-ring (bicyclic) bond motifs is 1. The highest BCUT2D eigenvalue weighted by Gasteiger charge is 2.29. The lowest BCUT2D eigenvalue weighted by Gasteiger charge is -2.33. The van der Waals surface area contributed by atoms with Crippen LogP contribution in [0.3, 0.4) is 0 Å². The first-order valence-corrected chi connectivity index (χ1v) is 13.2. The average molecular weight is 484 g/mol. The van der Waals surface area contributed by atoms with Crippen LogP contribution in [-0.4, -0.2) is 58.8 Å². The van der Waals surface area contributed by atoms with Gasteiger partial charge in [-0.05, 0) is 30.2 Å². The first-order chi connectivity index (χ1) is 15.9. The molecule has 0 saturated carbocycles. The number of piperazine rings is 1. The number of aryl methyl sites for hydroxylation is 1. The van der Waals surface area contributed by atoms with Gasteiger partial charge in [-0.25, -0.2) is 18.2 Å². The molecule has 1 aliphatic heterocycles. The first kappa shape index (κ1) is 22.0. The number of sulfonamides is 1. The summed E-state index contributed by atoms with van der Waals surface area (Å²) >= 11 is 1.64. The molecule has 8 nitrogen and oxygen atoms in total. The molecule has 1 aliphatic rings. The molecule has 0 amide bonds. The van der Waals surface area contributed by atoms with Crippen LogP contribution in [-0.2, 0) is 23.0 Å². The Hall–Kier alpha value is -2.79. The molecule has 4 aromatic rings. The van der Waals surface area contributed by atoms with Gasteiger partial charge in [0.1, 0.15) is 5.01 Å². The fourth-order valence-corrected chi connectivity index (χ4v) is 6.34. The lowest BCUT2D eigenvalue weighted by molar-refractivity contribution is 0.180. The highest BCUT2D eigenvalue weighted by Crippen LogP contribution is 2.26. The van der Waals surface area contributed by atoms with E-state index in [2.05, 4.69) is 51.4 Å². The second kappa shape index (κ2) is 8.86. The maximum absolute atomic E-state index is 13.1. The van der Waals surface area contributed by atoms with E-state index < -0.39 is 10.0 Å². The van der Waals surface area contributed by atoms with Crippen molar-refractivity contribution in [3.63, 3.8) is 0 Å². The molecule has 0 spiro atoms. The summed E-state index contributed by atoms with van der Waals surface area (Å²) in [5, 5.41) is 3.09. The fraction of sp³-hybridized carbons (Fsp3) is 0.304. The fourth-order valence-electron chi connectivity index (χ4n) is 4.07. The predicted molar refractivity (Wildman–Crippen MR) is 130 cm³/mol. The van der Waals surface area contributed by atoms with Crippen LogP contribution in [0.1, 0.15) is 18.2 Å². The van der Waals surface area contributed by atoms with E-state index >= 15 is 0 Å². The van der Waals surface area contributed by atoms with Gasteiger partial charge in [0, 0.05) is 43.7 Å². The summed E-state index contributed by atoms with van der Waals surface area (Å²) in [6.07, 6.45) is 1.02. The molecule has 2 N–H and O–H groups in total. The Kier molecular flexibility index (Phi) is 5.92. The van der Waals surface area contributed by atoms with Gasteiger partial charge < -0.3 is 9.97 Å². The van der Waals surface area contributed by atoms with Crippen LogP contribution in [0.2, 0.25) is 0 Å². The number of H-pyrrole nitrogens is 2. The third-order valence-corrected chi connectivity index (χ3v) is 8.84. The minimum Gasteiger partial charge on any atom is -0.306 e. The van der Waals surface area contributed by atoms with Crippen molar-refractivity contribution < 1.29 is 8.42 Å². The summed E-state index contributed by atoms with van der Waals surface area (Å²) in [7, 11) is -3.62. The van der Waals surface area contributed by atoms with Crippen molar-refractivity contribution in [3.05, 3.63) is 69.6 Å². The number of thiazole rings is 1. The molecule has 3 heterocycles. The van der Waals surface area contributed by atoms with E-state index in [0.717, 1.165) is 22.7 Å². The van der Waals surface area contributed by atoms with Crippen LogP contribution in [0.25, 0.3) is 21.6 Å². The molecule has 2 aromatic carbocycles. The van der Waals surface area contributed by atoms with Gasteiger partial charge in [-0.15, -0.1) is 11.3 Å². The normalized spacial score (nSPS) is 15.9. The number of aromatic nitrogens is 3. The number of benzene rings is 2. The minimum absolute atomic E-state index is 0.192. The Morgan fingerprint density at radius 3 is 2.45 bits per heavy atom. The van der Waals surface area contributed by atoms with Gasteiger partial charge in [0.25, 0.3) is 0 Å². The topological polar surface area (TPSA) is 102 Å². The van der Waals surface area contributed by atoms with Crippen molar-refractivity contribution in [1.29, 1.82) is 0 Å². The molecule has 0 radical (unpaired) electrons. The lowest BCUT2D eigenvalue weighted by Crippen LogP contribution is -2.48. The molecular weight excluding hydrogens is 458 g/mol. The molecule has 1 saturated heterocycles. The summed E-state index contributed by atoms with van der Waals surface area (Å²) in [5.74, 6) is 0. The largest absolute Gasteiger partial charge is 0.323 e. The van der Waals surface area contributed by atoms with Crippen LogP contribution >= 0.6 is 11.3 Å². The maximum Gasteiger partial charge on any atom is 0.323 e. The van der Waals surface area contributed by atoms with Crippen LogP contribution in [0.5, 0.6) is 0 Å². The molecule has 2 aromatic heterocycles. The van der Waals surface area contributed by atoms with Crippen LogP contribution in [0, 0.1) is 0 Å². The molecule has 0 unspecified atom stereocenters. The third kappa shape index (κ3) is 4.51. The van der Waals surface area contributed by atoms with Crippen molar-refractivity contribution in [2.45, 2.75) is 24.8 Å². The Morgan fingerprint density at radius 1 is 1.00 bits per heavy atom. The Morgan fingerprint density at radius 2 is 1.73 bits per heavy atom. The van der Waals surface area contributed by atoms with Crippen LogP contribution < -0.4 is 5.69 Å². The van der Waals surface area contributed by atoms with Crippen molar-refractivity contribution in [2.75, 3.05) is 26.2 Å². The molecule has 0 atom stereocenters. The average Bonchev–Trinajstić information content (AvgIpc) is 3.44. The van der Waals surface area contributed by atoms with E-state index in [1.807, 2.05) is 0 Å². The van der Waals surface area contributed by atoms with Gasteiger partial charge in [0.05, 0.1) is 21.6 Å². The lowest BCUT2D eigenvalue weighted by atomic mass is 10.1. The van der Waals surface area contributed by atoms with E-state index in [1.165, 1.54) is 22.0 Å². The Balaban J connectivity index is 1.22. The van der Waals surface area contributed by atoms with Crippen LogP contribution in [0.4, 0.5) is 0 Å². The van der Waals surface area contributed by atoms with Crippen molar-refractivity contribution in [2.24, 2.45) is 0 Å². The summed E-state index contributed by atoms with van der Waals surface area (Å²) in [6, 6.07) is 13.2. The molecule has 0 bridgehead atoms. The number of rotatable bonds is 6. The van der Waals surface area contributed by atoms with Crippen molar-refractivity contribution >= 4 is 32.4 Å². The monoisotopic (exact) mass is 483 g/mol. The van der Waals surface area contributed by atoms with Crippen molar-refractivity contribution in [3.8, 4) is 10.6 Å². The van der Waals surface area contributed by atoms with E-state index in [4.69, 9.17) is 4.98 Å². The number of hydrogen-bond donors (Lipinski definition) is 2. The summed E-state index contributed by atoms with van der Waals surface area (Å²) in [5.41, 5.74) is 4.17. The number of aromatic amines is 2. The van der Waals surface area contributed by atoms with Crippen LogP contribution in [0.15, 0.2) is 57.5 Å². The van der Waals surface area contributed by atoms with Gasteiger partial charge in [-0.2, -0.15) is 4.31 Å². The number of nitrogens with zero attached hydrogens (tertiary/aromatic N) is 3. The van der Waals surface area contributed by atoms with Gasteiger partial charge >= 0.3 is 5.69 Å². The minimum atomic E-state index is -3.62. The van der Waals surface area contributed by atoms with Gasteiger partial charge in [0.15, 0.2) is 0 Å². The molecule has 172 valence electrons. The summed E-state index contributed by atoms with van der Waals surface area (Å²) in [4.78, 5) is 23.9. The van der Waals surface area contributed by atoms with E-state index in [-0.39, 0.29) is 10.6 Å². The molecular formula is C23H25N5O3S2. The molecule has 1 fully saturated rings. The zero-order chi connectivity index (χ0) is 23.0.